The van der Waals surface area contributed by atoms with Crippen LogP contribution in [-0.4, -0.2) is 43.0 Å². The van der Waals surface area contributed by atoms with Gasteiger partial charge in [0.25, 0.3) is 5.91 Å². The zero-order valence-electron chi connectivity index (χ0n) is 14.0. The van der Waals surface area contributed by atoms with Crippen molar-refractivity contribution < 1.29 is 4.79 Å². The topological polar surface area (TPSA) is 45.2 Å². The molecule has 0 unspecified atom stereocenters. The van der Waals surface area contributed by atoms with Gasteiger partial charge in [-0.2, -0.15) is 0 Å². The van der Waals surface area contributed by atoms with Gasteiger partial charge in [-0.15, -0.1) is 24.8 Å². The number of likely N-dealkylation sites (N-methyl/N-ethyl adjacent to an activating group) is 1. The number of carbonyl (C=O) groups excluding carboxylic acids is 1. The Balaban J connectivity index is 0.00000156. The Kier molecular flexibility index (Phi) is 7.90. The Bertz CT molecular complexity index is 884. The van der Waals surface area contributed by atoms with E-state index < -0.39 is 0 Å². The molecule has 25 heavy (non-hydrogen) atoms. The Morgan fingerprint density at radius 2 is 1.72 bits per heavy atom. The van der Waals surface area contributed by atoms with Crippen LogP contribution < -0.4 is 5.32 Å². The van der Waals surface area contributed by atoms with E-state index in [1.54, 1.807) is 6.07 Å². The summed E-state index contributed by atoms with van der Waals surface area (Å²) in [6.45, 7) is 1.38. The molecular formula is C18H20Cl3N3O. The maximum atomic E-state index is 12.5. The van der Waals surface area contributed by atoms with E-state index in [1.807, 2.05) is 55.4 Å². The Labute approximate surface area is 164 Å². The maximum absolute atomic E-state index is 12.5. The monoisotopic (exact) mass is 399 g/mol. The molecule has 0 fully saturated rings. The summed E-state index contributed by atoms with van der Waals surface area (Å²) in [7, 11) is 3.94. The molecular weight excluding hydrogens is 381 g/mol. The van der Waals surface area contributed by atoms with Crippen LogP contribution in [0.5, 0.6) is 0 Å². The minimum atomic E-state index is -0.114. The number of nitrogens with one attached hydrogen (secondary N) is 1. The fraction of sp³-hybridized carbons (Fsp3) is 0.222. The second kappa shape index (κ2) is 9.20. The lowest BCUT2D eigenvalue weighted by Gasteiger charge is -2.12. The largest absolute Gasteiger partial charge is 0.351 e. The van der Waals surface area contributed by atoms with Crippen molar-refractivity contribution >= 4 is 64.1 Å². The van der Waals surface area contributed by atoms with Crippen LogP contribution in [0.15, 0.2) is 42.5 Å². The summed E-state index contributed by atoms with van der Waals surface area (Å²) in [6, 6.07) is 13.3. The van der Waals surface area contributed by atoms with E-state index in [2.05, 4.69) is 10.3 Å². The van der Waals surface area contributed by atoms with Crippen LogP contribution in [0.4, 0.5) is 0 Å². The van der Waals surface area contributed by atoms with Crippen molar-refractivity contribution in [2.45, 2.75) is 0 Å². The minimum absolute atomic E-state index is 0. The Hall–Kier alpha value is -1.59. The first-order valence-corrected chi connectivity index (χ1v) is 7.85. The van der Waals surface area contributed by atoms with Crippen molar-refractivity contribution in [3.8, 4) is 0 Å². The Morgan fingerprint density at radius 3 is 2.40 bits per heavy atom. The normalized spacial score (nSPS) is 10.4. The number of benzene rings is 2. The molecule has 0 aliphatic carbocycles. The Morgan fingerprint density at radius 1 is 1.08 bits per heavy atom. The van der Waals surface area contributed by atoms with E-state index in [0.29, 0.717) is 22.6 Å². The average Bonchev–Trinajstić information content (AvgIpc) is 2.52. The number of aromatic nitrogens is 1. The first-order chi connectivity index (χ1) is 11.1. The minimum Gasteiger partial charge on any atom is -0.351 e. The quantitative estimate of drug-likeness (QED) is 0.668. The maximum Gasteiger partial charge on any atom is 0.253 e. The lowest BCUT2D eigenvalue weighted by Crippen LogP contribution is -2.31. The van der Waals surface area contributed by atoms with Gasteiger partial charge in [0, 0.05) is 23.9 Å². The van der Waals surface area contributed by atoms with Crippen LogP contribution >= 0.6 is 36.4 Å². The number of rotatable bonds is 4. The zero-order valence-corrected chi connectivity index (χ0v) is 16.3. The van der Waals surface area contributed by atoms with Crippen LogP contribution in [0, 0.1) is 0 Å². The highest BCUT2D eigenvalue weighted by atomic mass is 35.5. The molecule has 3 rings (SSSR count). The molecule has 1 heterocycles. The summed E-state index contributed by atoms with van der Waals surface area (Å²) < 4.78 is 0. The number of hydrogen-bond donors (Lipinski definition) is 1. The predicted octanol–water partition coefficient (Wildman–Crippen LogP) is 4.18. The van der Waals surface area contributed by atoms with E-state index in [9.17, 15) is 4.79 Å². The number of nitrogens with zero attached hydrogens (tertiary/aromatic N) is 2. The van der Waals surface area contributed by atoms with Crippen LogP contribution in [0.3, 0.4) is 0 Å². The smallest absolute Gasteiger partial charge is 0.253 e. The summed E-state index contributed by atoms with van der Waals surface area (Å²) in [5.41, 5.74) is 1.97. The summed E-state index contributed by atoms with van der Waals surface area (Å²) >= 11 is 6.24. The number of para-hydroxylation sites is 2. The molecule has 0 atom stereocenters. The first-order valence-electron chi connectivity index (χ1n) is 7.47. The highest BCUT2D eigenvalue weighted by molar-refractivity contribution is 6.35. The lowest BCUT2D eigenvalue weighted by atomic mass is 10.1. The number of pyridine rings is 1. The second-order valence-corrected chi connectivity index (χ2v) is 6.14. The van der Waals surface area contributed by atoms with Gasteiger partial charge in [-0.25, -0.2) is 4.98 Å². The highest BCUT2D eigenvalue weighted by Crippen LogP contribution is 2.26. The van der Waals surface area contributed by atoms with Gasteiger partial charge in [-0.3, -0.25) is 4.79 Å². The molecule has 7 heteroatoms. The summed E-state index contributed by atoms with van der Waals surface area (Å²) in [5, 5.41) is 5.42. The molecule has 0 saturated heterocycles. The van der Waals surface area contributed by atoms with Gasteiger partial charge in [0.15, 0.2) is 0 Å². The molecule has 2 aromatic carbocycles. The predicted molar refractivity (Wildman–Crippen MR) is 110 cm³/mol. The fourth-order valence-corrected chi connectivity index (χ4v) is 2.74. The summed E-state index contributed by atoms with van der Waals surface area (Å²) in [5.74, 6) is -0.114. The third kappa shape index (κ3) is 4.73. The van der Waals surface area contributed by atoms with E-state index in [1.165, 1.54) is 0 Å². The van der Waals surface area contributed by atoms with Crippen molar-refractivity contribution in [1.29, 1.82) is 0 Å². The van der Waals surface area contributed by atoms with Gasteiger partial charge >= 0.3 is 0 Å². The second-order valence-electron chi connectivity index (χ2n) is 5.74. The average molecular weight is 401 g/mol. The number of halogens is 3. The molecule has 0 radical (unpaired) electrons. The first kappa shape index (κ1) is 21.5. The molecule has 1 amide bonds. The number of carbonyl (C=O) groups is 1. The standard InChI is InChI=1S/C18H18ClN3O.2ClH/c1-22(2)10-9-20-18(23)14-7-3-5-12-11-13-6-4-8-15(19)17(13)21-16(12)14;;/h3-8,11H,9-10H2,1-2H3,(H,20,23);2*1H. The van der Waals surface area contributed by atoms with E-state index in [0.717, 1.165) is 22.8 Å². The van der Waals surface area contributed by atoms with Gasteiger partial charge < -0.3 is 10.2 Å². The third-order valence-corrected chi connectivity index (χ3v) is 4.01. The van der Waals surface area contributed by atoms with Gasteiger partial charge in [-0.1, -0.05) is 35.9 Å². The molecule has 0 aliphatic rings. The van der Waals surface area contributed by atoms with Crippen molar-refractivity contribution in [3.05, 3.63) is 53.1 Å². The molecule has 4 nitrogen and oxygen atoms in total. The number of hydrogen-bond acceptors (Lipinski definition) is 3. The number of fused-ring (bicyclic) bond motifs is 2. The molecule has 0 saturated carbocycles. The molecule has 0 spiro atoms. The zero-order chi connectivity index (χ0) is 16.4. The van der Waals surface area contributed by atoms with Crippen molar-refractivity contribution in [3.63, 3.8) is 0 Å². The van der Waals surface area contributed by atoms with Gasteiger partial charge in [0.05, 0.1) is 21.6 Å². The van der Waals surface area contributed by atoms with Gasteiger partial charge in [0.2, 0.25) is 0 Å². The van der Waals surface area contributed by atoms with Crippen LogP contribution in [0.2, 0.25) is 5.02 Å². The SMILES string of the molecule is CN(C)CCNC(=O)c1cccc2cc3cccc(Cl)c3nc12.Cl.Cl. The molecule has 0 aliphatic heterocycles. The van der Waals surface area contributed by atoms with Crippen molar-refractivity contribution in [2.24, 2.45) is 0 Å². The molecule has 3 aromatic rings. The van der Waals surface area contributed by atoms with Crippen LogP contribution in [-0.2, 0) is 0 Å². The molecule has 1 N–H and O–H groups in total. The fourth-order valence-electron chi connectivity index (χ4n) is 2.52. The van der Waals surface area contributed by atoms with Gasteiger partial charge in [0.1, 0.15) is 0 Å². The molecule has 0 bridgehead atoms. The van der Waals surface area contributed by atoms with Crippen LogP contribution in [0.1, 0.15) is 10.4 Å². The van der Waals surface area contributed by atoms with E-state index in [-0.39, 0.29) is 30.7 Å². The van der Waals surface area contributed by atoms with Crippen LogP contribution in [0.25, 0.3) is 21.8 Å². The van der Waals surface area contributed by atoms with E-state index >= 15 is 0 Å². The van der Waals surface area contributed by atoms with Gasteiger partial charge in [-0.05, 0) is 32.3 Å². The molecule has 134 valence electrons. The number of amides is 1. The summed E-state index contributed by atoms with van der Waals surface area (Å²) in [4.78, 5) is 19.1. The lowest BCUT2D eigenvalue weighted by molar-refractivity contribution is 0.0952. The summed E-state index contributed by atoms with van der Waals surface area (Å²) in [6.07, 6.45) is 0. The highest BCUT2D eigenvalue weighted by Gasteiger charge is 2.12. The van der Waals surface area contributed by atoms with Crippen molar-refractivity contribution in [1.82, 2.24) is 15.2 Å². The third-order valence-electron chi connectivity index (χ3n) is 3.71. The van der Waals surface area contributed by atoms with E-state index in [4.69, 9.17) is 11.6 Å². The van der Waals surface area contributed by atoms with Crippen molar-refractivity contribution in [2.75, 3.05) is 27.2 Å². The molecule has 1 aromatic heterocycles.